The molecule has 5 nitrogen and oxygen atoms in total. The van der Waals surface area contributed by atoms with Gasteiger partial charge in [-0.25, -0.2) is 4.79 Å². The Morgan fingerprint density at radius 1 is 1.11 bits per heavy atom. The van der Waals surface area contributed by atoms with E-state index in [4.69, 9.17) is 32.7 Å². The predicted molar refractivity (Wildman–Crippen MR) is 116 cm³/mol. The van der Waals surface area contributed by atoms with E-state index in [0.717, 1.165) is 5.56 Å². The number of carbonyl (C=O) groups is 2. The average molecular weight is 542 g/mol. The fraction of sp³-hybridized carbons (Fsp3) is 0.222. The van der Waals surface area contributed by atoms with Crippen molar-refractivity contribution in [3.63, 3.8) is 0 Å². The van der Waals surface area contributed by atoms with Gasteiger partial charge >= 0.3 is 5.97 Å². The highest BCUT2D eigenvalue weighted by atomic mass is 79.9. The Bertz CT molecular complexity index is 799. The fourth-order valence-corrected chi connectivity index (χ4v) is 2.40. The molecule has 0 atom stereocenters. The highest BCUT2D eigenvalue weighted by Crippen LogP contribution is 2.36. The zero-order valence-corrected chi connectivity index (χ0v) is 19.2. The number of nitrogens with one attached hydrogen (secondary N) is 1. The van der Waals surface area contributed by atoms with Crippen molar-refractivity contribution in [3.8, 4) is 0 Å². The molecule has 0 fully saturated rings. The number of anilines is 2. The van der Waals surface area contributed by atoms with Crippen molar-refractivity contribution in [1.82, 2.24) is 0 Å². The zero-order valence-electron chi connectivity index (χ0n) is 14.5. The summed E-state index contributed by atoms with van der Waals surface area (Å²) in [7, 11) is 0. The molecule has 0 unspecified atom stereocenters. The monoisotopic (exact) mass is 539 g/mol. The molecule has 0 spiro atoms. The van der Waals surface area contributed by atoms with E-state index in [2.05, 4.69) is 37.2 Å². The highest BCUT2D eigenvalue weighted by molar-refractivity contribution is 9.39. The lowest BCUT2D eigenvalue weighted by Gasteiger charge is -2.15. The van der Waals surface area contributed by atoms with Gasteiger partial charge in [0.15, 0.2) is 6.79 Å². The summed E-state index contributed by atoms with van der Waals surface area (Å²) in [5.74, 6) is -0.485. The number of esters is 1. The second kappa shape index (κ2) is 12.4. The summed E-state index contributed by atoms with van der Waals surface area (Å²) in [6.45, 7) is 4.09. The molecule has 27 heavy (non-hydrogen) atoms. The van der Waals surface area contributed by atoms with Crippen LogP contribution in [-0.4, -0.2) is 23.0 Å². The number of hydrogen-bond acceptors (Lipinski definition) is 5. The molecule has 0 aliphatic carbocycles. The topological polar surface area (TPSA) is 64.6 Å². The Morgan fingerprint density at radius 3 is 2.37 bits per heavy atom. The molecule has 0 amide bonds. The van der Waals surface area contributed by atoms with Crippen molar-refractivity contribution >= 4 is 76.0 Å². The van der Waals surface area contributed by atoms with Gasteiger partial charge in [0.25, 0.3) is 3.60 Å². The van der Waals surface area contributed by atoms with Gasteiger partial charge in [0.1, 0.15) is 0 Å². The average Bonchev–Trinajstić information content (AvgIpc) is 2.62. The Hall–Kier alpha value is -1.12. The minimum Gasteiger partial charge on any atom is -0.435 e. The van der Waals surface area contributed by atoms with Crippen LogP contribution in [0, 0.1) is 6.92 Å². The summed E-state index contributed by atoms with van der Waals surface area (Å²) in [5, 5.41) is 4.10. The van der Waals surface area contributed by atoms with Crippen molar-refractivity contribution in [3.05, 3.63) is 57.6 Å². The van der Waals surface area contributed by atoms with E-state index in [1.807, 2.05) is 19.9 Å². The van der Waals surface area contributed by atoms with Crippen molar-refractivity contribution in [1.29, 1.82) is 0 Å². The van der Waals surface area contributed by atoms with Crippen molar-refractivity contribution < 1.29 is 19.1 Å². The van der Waals surface area contributed by atoms with Crippen LogP contribution in [-0.2, 0) is 9.47 Å². The van der Waals surface area contributed by atoms with Crippen molar-refractivity contribution in [2.24, 2.45) is 0 Å². The van der Waals surface area contributed by atoms with Crippen LogP contribution < -0.4 is 5.32 Å². The quantitative estimate of drug-likeness (QED) is 0.183. The SMILES string of the molecule is CCOCOC(=O)c1ccccc1Nc1c(Cl)ccc(C)c1Cl.O=C(Br)Br. The number of carbonyl (C=O) groups excluding carboxylic acids is 2. The Labute approximate surface area is 184 Å². The van der Waals surface area contributed by atoms with Crippen molar-refractivity contribution in [2.75, 3.05) is 18.7 Å². The zero-order chi connectivity index (χ0) is 20.4. The molecule has 0 heterocycles. The van der Waals surface area contributed by atoms with E-state index >= 15 is 0 Å². The third kappa shape index (κ3) is 8.19. The van der Waals surface area contributed by atoms with Gasteiger partial charge in [-0.1, -0.05) is 41.4 Å². The highest BCUT2D eigenvalue weighted by Gasteiger charge is 2.15. The molecule has 0 aromatic heterocycles. The summed E-state index contributed by atoms with van der Waals surface area (Å²) in [6.07, 6.45) is 0. The maximum absolute atomic E-state index is 12.2. The predicted octanol–water partition coefficient (Wildman–Crippen LogP) is 7.09. The molecule has 2 aromatic carbocycles. The molecular weight excluding hydrogens is 525 g/mol. The first kappa shape index (κ1) is 23.9. The van der Waals surface area contributed by atoms with Gasteiger partial charge in [0.2, 0.25) is 0 Å². The minimum atomic E-state index is -0.485. The second-order valence-electron chi connectivity index (χ2n) is 4.99. The molecule has 0 radical (unpaired) electrons. The van der Waals surface area contributed by atoms with Crippen LogP contribution in [0.3, 0.4) is 0 Å². The first-order valence-electron chi connectivity index (χ1n) is 7.68. The Balaban J connectivity index is 0.000000828. The van der Waals surface area contributed by atoms with E-state index in [9.17, 15) is 9.59 Å². The molecular formula is C18H17Br2Cl2NO4. The third-order valence-corrected chi connectivity index (χ3v) is 3.97. The molecule has 0 saturated heterocycles. The van der Waals surface area contributed by atoms with Gasteiger partial charge in [-0.05, 0) is 37.6 Å². The number of ether oxygens (including phenoxy) is 2. The van der Waals surface area contributed by atoms with Gasteiger partial charge in [-0.15, -0.1) is 0 Å². The third-order valence-electron chi connectivity index (χ3n) is 3.17. The van der Waals surface area contributed by atoms with Gasteiger partial charge in [-0.3, -0.25) is 4.79 Å². The number of benzene rings is 2. The van der Waals surface area contributed by atoms with Crippen LogP contribution >= 0.6 is 55.1 Å². The molecule has 2 aromatic rings. The van der Waals surface area contributed by atoms with Crippen LogP contribution in [0.25, 0.3) is 0 Å². The van der Waals surface area contributed by atoms with E-state index in [-0.39, 0.29) is 10.4 Å². The van der Waals surface area contributed by atoms with E-state index < -0.39 is 5.97 Å². The van der Waals surface area contributed by atoms with Gasteiger partial charge in [0.05, 0.1) is 27.0 Å². The first-order valence-corrected chi connectivity index (χ1v) is 10.0. The summed E-state index contributed by atoms with van der Waals surface area (Å²) in [4.78, 5) is 21.4. The molecule has 2 rings (SSSR count). The summed E-state index contributed by atoms with van der Waals surface area (Å²) < 4.78 is 9.89. The summed E-state index contributed by atoms with van der Waals surface area (Å²) in [6, 6.07) is 10.6. The minimum absolute atomic E-state index is 0.0877. The largest absolute Gasteiger partial charge is 0.435 e. The van der Waals surface area contributed by atoms with Crippen LogP contribution in [0.2, 0.25) is 10.0 Å². The molecule has 0 aliphatic rings. The number of rotatable bonds is 6. The number of halogens is 4. The van der Waals surface area contributed by atoms with Crippen LogP contribution in [0.15, 0.2) is 36.4 Å². The summed E-state index contributed by atoms with van der Waals surface area (Å²) in [5.41, 5.74) is 2.37. The normalized spacial score (nSPS) is 9.85. The van der Waals surface area contributed by atoms with E-state index in [1.165, 1.54) is 0 Å². The molecule has 0 aliphatic heterocycles. The molecule has 0 saturated carbocycles. The van der Waals surface area contributed by atoms with E-state index in [1.54, 1.807) is 30.3 Å². The standard InChI is InChI=1S/C17H17Cl2NO3.CBr2O/c1-3-22-10-23-17(21)12-6-4-5-7-14(12)20-16-13(18)9-8-11(2)15(16)19;2-1(3)4/h4-9,20H,3,10H2,1-2H3;. The van der Waals surface area contributed by atoms with E-state index in [0.29, 0.717) is 33.6 Å². The number of para-hydroxylation sites is 1. The molecule has 146 valence electrons. The van der Waals surface area contributed by atoms with Gasteiger partial charge < -0.3 is 14.8 Å². The molecule has 0 bridgehead atoms. The van der Waals surface area contributed by atoms with Gasteiger partial charge in [0, 0.05) is 38.5 Å². The summed E-state index contributed by atoms with van der Waals surface area (Å²) >= 11 is 17.6. The van der Waals surface area contributed by atoms with Crippen LogP contribution in [0.5, 0.6) is 0 Å². The smallest absolute Gasteiger partial charge is 0.342 e. The maximum Gasteiger partial charge on any atom is 0.342 e. The molecule has 9 heteroatoms. The van der Waals surface area contributed by atoms with Gasteiger partial charge in [-0.2, -0.15) is 0 Å². The first-order chi connectivity index (χ1) is 12.8. The lowest BCUT2D eigenvalue weighted by atomic mass is 10.1. The number of aryl methyl sites for hydroxylation is 1. The molecule has 1 N–H and O–H groups in total. The Kier molecular flexibility index (Phi) is 10.9. The maximum atomic E-state index is 12.2. The number of hydrogen-bond donors (Lipinski definition) is 1. The Morgan fingerprint density at radius 2 is 1.74 bits per heavy atom. The van der Waals surface area contributed by atoms with Crippen LogP contribution in [0.4, 0.5) is 16.2 Å². The lowest BCUT2D eigenvalue weighted by molar-refractivity contribution is -0.0273. The van der Waals surface area contributed by atoms with Crippen LogP contribution in [0.1, 0.15) is 22.8 Å². The van der Waals surface area contributed by atoms with Crippen molar-refractivity contribution in [2.45, 2.75) is 13.8 Å². The lowest BCUT2D eigenvalue weighted by Crippen LogP contribution is -2.11. The second-order valence-corrected chi connectivity index (χ2v) is 8.28. The fourth-order valence-electron chi connectivity index (χ4n) is 1.93.